The number of thioether (sulfide) groups is 1. The summed E-state index contributed by atoms with van der Waals surface area (Å²) in [7, 11) is 1.66. The molecular formula is C28H38N4O9S. The van der Waals surface area contributed by atoms with Gasteiger partial charge in [0.25, 0.3) is 11.1 Å². The summed E-state index contributed by atoms with van der Waals surface area (Å²) in [5, 5.41) is 32.8. The Bertz CT molecular complexity index is 1250. The Morgan fingerprint density at radius 1 is 1.21 bits per heavy atom. The number of phenolic OH excluding ortho intramolecular Hbond substituents is 2. The molecule has 4 amide bonds. The van der Waals surface area contributed by atoms with Crippen molar-refractivity contribution in [1.82, 2.24) is 15.1 Å². The van der Waals surface area contributed by atoms with Gasteiger partial charge < -0.3 is 25.2 Å². The molecule has 1 aromatic carbocycles. The van der Waals surface area contributed by atoms with Crippen LogP contribution in [-0.4, -0.2) is 79.9 Å². The molecule has 1 aliphatic carbocycles. The zero-order chi connectivity index (χ0) is 31.2. The number of benzene rings is 1. The number of carbonyl (C=O) groups excluding carboxylic acids is 4. The van der Waals surface area contributed by atoms with Crippen LogP contribution in [0.1, 0.15) is 71.3 Å². The first kappa shape index (κ1) is 32.7. The second kappa shape index (κ2) is 13.9. The lowest BCUT2D eigenvalue weighted by atomic mass is 9.83. The number of unbranched alkanes of at least 4 members (excludes halogenated alkanes) is 1. The molecule has 3 N–H and O–H groups in total. The van der Waals surface area contributed by atoms with Crippen LogP contribution in [0.25, 0.3) is 6.08 Å². The molecule has 1 heterocycles. The zero-order valence-corrected chi connectivity index (χ0v) is 25.1. The second-order valence-corrected chi connectivity index (χ2v) is 12.5. The number of hydrogen-bond acceptors (Lipinski definition) is 10. The summed E-state index contributed by atoms with van der Waals surface area (Å²) >= 11 is 0.667. The number of phenols is 2. The number of rotatable bonds is 10. The predicted octanol–water partition coefficient (Wildman–Crippen LogP) is 4.75. The van der Waals surface area contributed by atoms with E-state index in [-0.39, 0.29) is 28.8 Å². The van der Waals surface area contributed by atoms with E-state index in [2.05, 4.69) is 5.32 Å². The molecule has 1 aromatic rings. The molecule has 1 atom stereocenters. The van der Waals surface area contributed by atoms with Gasteiger partial charge in [0.05, 0.1) is 9.83 Å². The molecule has 0 aromatic heterocycles. The summed E-state index contributed by atoms with van der Waals surface area (Å²) in [6.07, 6.45) is 6.27. The molecular weight excluding hydrogens is 568 g/mol. The number of imide groups is 1. The highest BCUT2D eigenvalue weighted by molar-refractivity contribution is 8.18. The molecule has 0 spiro atoms. The number of likely N-dealkylation sites (N-methyl/N-ethyl adjacent to an activating group) is 1. The number of nitrogens with zero attached hydrogens (tertiary/aromatic N) is 3. The minimum Gasteiger partial charge on any atom is -0.504 e. The van der Waals surface area contributed by atoms with E-state index in [0.717, 1.165) is 49.1 Å². The highest BCUT2D eigenvalue weighted by Crippen LogP contribution is 2.38. The van der Waals surface area contributed by atoms with E-state index in [4.69, 9.17) is 4.74 Å². The fourth-order valence-electron chi connectivity index (χ4n) is 4.94. The topological polar surface area (TPSA) is 180 Å². The Labute approximate surface area is 248 Å². The Balaban J connectivity index is 1.57. The Morgan fingerprint density at radius 2 is 1.88 bits per heavy atom. The van der Waals surface area contributed by atoms with E-state index in [1.165, 1.54) is 6.08 Å². The van der Waals surface area contributed by atoms with Crippen LogP contribution in [0.2, 0.25) is 0 Å². The van der Waals surface area contributed by atoms with E-state index in [1.807, 2.05) is 0 Å². The van der Waals surface area contributed by atoms with Gasteiger partial charge in [-0.1, -0.05) is 19.3 Å². The van der Waals surface area contributed by atoms with Crippen LogP contribution in [0.5, 0.6) is 11.5 Å². The normalized spacial score (nSPS) is 17.8. The van der Waals surface area contributed by atoms with Crippen molar-refractivity contribution in [3.05, 3.63) is 32.7 Å². The van der Waals surface area contributed by atoms with Crippen LogP contribution >= 0.6 is 11.8 Å². The molecule has 0 bridgehead atoms. The third-order valence-corrected chi connectivity index (χ3v) is 7.93. The van der Waals surface area contributed by atoms with E-state index < -0.39 is 51.0 Å². The molecule has 1 saturated heterocycles. The predicted molar refractivity (Wildman–Crippen MR) is 156 cm³/mol. The van der Waals surface area contributed by atoms with Crippen molar-refractivity contribution in [1.29, 1.82) is 0 Å². The summed E-state index contributed by atoms with van der Waals surface area (Å²) in [6.45, 7) is 5.72. The van der Waals surface area contributed by atoms with Gasteiger partial charge in [-0.2, -0.15) is 0 Å². The fraction of sp³-hybridized carbons (Fsp3) is 0.571. The number of carbonyl (C=O) groups is 4. The van der Waals surface area contributed by atoms with Crippen LogP contribution in [0.4, 0.5) is 15.3 Å². The van der Waals surface area contributed by atoms with Crippen LogP contribution in [-0.2, 0) is 14.3 Å². The van der Waals surface area contributed by atoms with Crippen molar-refractivity contribution in [2.24, 2.45) is 5.92 Å². The molecule has 1 aliphatic heterocycles. The Hall–Kier alpha value is -3.81. The van der Waals surface area contributed by atoms with Gasteiger partial charge in [0.1, 0.15) is 11.6 Å². The van der Waals surface area contributed by atoms with Gasteiger partial charge in [-0.15, -0.1) is 0 Å². The smallest absolute Gasteiger partial charge is 0.408 e. The van der Waals surface area contributed by atoms with Crippen molar-refractivity contribution in [3.63, 3.8) is 0 Å². The minimum atomic E-state index is -0.889. The van der Waals surface area contributed by atoms with Crippen LogP contribution in [0, 0.1) is 16.0 Å². The average Bonchev–Trinajstić information content (AvgIpc) is 3.17. The third kappa shape index (κ3) is 8.60. The highest BCUT2D eigenvalue weighted by atomic mass is 32.2. The maximum atomic E-state index is 13.4. The summed E-state index contributed by atoms with van der Waals surface area (Å²) in [5.74, 6) is -2.39. The van der Waals surface area contributed by atoms with E-state index in [9.17, 15) is 39.5 Å². The highest BCUT2D eigenvalue weighted by Gasteiger charge is 2.36. The number of nitro benzene ring substituents is 1. The number of nitrogens with one attached hydrogen (secondary N) is 1. The number of alkyl carbamates (subject to hydrolysis) is 1. The number of amides is 4. The van der Waals surface area contributed by atoms with E-state index >= 15 is 0 Å². The summed E-state index contributed by atoms with van der Waals surface area (Å²) in [4.78, 5) is 64.1. The summed E-state index contributed by atoms with van der Waals surface area (Å²) in [5.41, 5.74) is -1.35. The quantitative estimate of drug-likeness (QED) is 0.111. The largest absolute Gasteiger partial charge is 0.504 e. The van der Waals surface area contributed by atoms with Gasteiger partial charge in [-0.3, -0.25) is 29.4 Å². The molecule has 13 nitrogen and oxygen atoms in total. The lowest BCUT2D eigenvalue weighted by molar-refractivity contribution is -0.386. The van der Waals surface area contributed by atoms with Crippen LogP contribution < -0.4 is 5.32 Å². The lowest BCUT2D eigenvalue weighted by Crippen LogP contribution is -2.52. The fourth-order valence-corrected chi connectivity index (χ4v) is 5.81. The number of hydrogen-bond donors (Lipinski definition) is 3. The SMILES string of the molecule is CN(CCCCN1C(=O)S/C(=C\c2cc(O)c(O)c([N+](=O)[O-])c2)C1=O)C(=O)C(NC(=O)OC(C)(C)C)C1CCCCC1. The maximum absolute atomic E-state index is 13.4. The van der Waals surface area contributed by atoms with Gasteiger partial charge in [0, 0.05) is 26.2 Å². The molecule has 14 heteroatoms. The van der Waals surface area contributed by atoms with Gasteiger partial charge >= 0.3 is 11.8 Å². The van der Waals surface area contributed by atoms with Crippen molar-refractivity contribution in [2.45, 2.75) is 77.4 Å². The van der Waals surface area contributed by atoms with Gasteiger partial charge in [-0.05, 0) is 81.8 Å². The Morgan fingerprint density at radius 3 is 2.50 bits per heavy atom. The van der Waals surface area contributed by atoms with Crippen molar-refractivity contribution < 1.29 is 39.1 Å². The first-order chi connectivity index (χ1) is 19.7. The van der Waals surface area contributed by atoms with Gasteiger partial charge in [0.2, 0.25) is 11.7 Å². The molecule has 2 fully saturated rings. The van der Waals surface area contributed by atoms with Crippen molar-refractivity contribution in [2.75, 3.05) is 20.1 Å². The number of ether oxygens (including phenoxy) is 1. The summed E-state index contributed by atoms with van der Waals surface area (Å²) < 4.78 is 5.39. The Kier molecular flexibility index (Phi) is 10.8. The van der Waals surface area contributed by atoms with Gasteiger partial charge in [-0.25, -0.2) is 4.79 Å². The van der Waals surface area contributed by atoms with E-state index in [1.54, 1.807) is 32.7 Å². The van der Waals surface area contributed by atoms with E-state index in [0.29, 0.717) is 31.1 Å². The zero-order valence-electron chi connectivity index (χ0n) is 24.3. The first-order valence-electron chi connectivity index (χ1n) is 13.9. The average molecular weight is 607 g/mol. The molecule has 1 unspecified atom stereocenters. The third-order valence-electron chi connectivity index (χ3n) is 7.02. The molecule has 0 radical (unpaired) electrons. The van der Waals surface area contributed by atoms with Crippen LogP contribution in [0.3, 0.4) is 0 Å². The van der Waals surface area contributed by atoms with Gasteiger partial charge in [0.15, 0.2) is 5.75 Å². The van der Waals surface area contributed by atoms with Crippen molar-refractivity contribution in [3.8, 4) is 11.5 Å². The molecule has 1 saturated carbocycles. The number of nitro groups is 1. The lowest BCUT2D eigenvalue weighted by Gasteiger charge is -2.33. The molecule has 42 heavy (non-hydrogen) atoms. The standard InChI is InChI=1S/C28H38N4O9S/c1-28(2,3)41-26(37)29-22(18-10-6-5-7-11-18)25(36)30(4)12-8-9-13-31-24(35)21(42-27(31)38)16-17-14-19(32(39)40)23(34)20(33)15-17/h14-16,18,22,33-34H,5-13H2,1-4H3,(H,29,37)/b21-16-. The molecule has 3 rings (SSSR count). The summed E-state index contributed by atoms with van der Waals surface area (Å²) in [6, 6.07) is 1.35. The minimum absolute atomic E-state index is 0.0141. The molecule has 2 aliphatic rings. The maximum Gasteiger partial charge on any atom is 0.408 e. The van der Waals surface area contributed by atoms with Crippen molar-refractivity contribution >= 4 is 46.7 Å². The van der Waals surface area contributed by atoms with Crippen LogP contribution in [0.15, 0.2) is 17.0 Å². The monoisotopic (exact) mass is 606 g/mol. The first-order valence-corrected chi connectivity index (χ1v) is 14.7. The molecule has 230 valence electrons. The number of aromatic hydroxyl groups is 2. The second-order valence-electron chi connectivity index (χ2n) is 11.5.